The van der Waals surface area contributed by atoms with Crippen LogP contribution in [0.3, 0.4) is 0 Å². The highest BCUT2D eigenvalue weighted by Gasteiger charge is 2.48. The zero-order chi connectivity index (χ0) is 15.9. The molecule has 0 aromatic rings. The molecule has 2 heterocycles. The van der Waals surface area contributed by atoms with E-state index in [2.05, 4.69) is 0 Å². The Morgan fingerprint density at radius 2 is 1.19 bits per heavy atom. The van der Waals surface area contributed by atoms with Gasteiger partial charge >= 0.3 is 0 Å². The molecule has 2 fully saturated rings. The Balaban J connectivity index is 2.06. The van der Waals surface area contributed by atoms with Crippen LogP contribution in [0.5, 0.6) is 0 Å². The lowest BCUT2D eigenvalue weighted by Gasteiger charge is -2.44. The van der Waals surface area contributed by atoms with Gasteiger partial charge in [0.15, 0.2) is 12.6 Å². The monoisotopic (exact) mass is 310 g/mol. The van der Waals surface area contributed by atoms with Gasteiger partial charge in [-0.05, 0) is 13.8 Å². The normalized spacial score (nSPS) is 55.4. The fraction of sp³-hybridized carbons (Fsp3) is 1.00. The lowest BCUT2D eigenvalue weighted by molar-refractivity contribution is -0.356. The maximum Gasteiger partial charge on any atom is 0.187 e. The number of aliphatic hydroxyl groups excluding tert-OH is 6. The maximum absolute atomic E-state index is 9.91. The Labute approximate surface area is 121 Å². The predicted molar refractivity (Wildman–Crippen MR) is 65.8 cm³/mol. The quantitative estimate of drug-likeness (QED) is 0.308. The van der Waals surface area contributed by atoms with E-state index in [9.17, 15) is 30.6 Å². The largest absolute Gasteiger partial charge is 0.388 e. The first-order chi connectivity index (χ1) is 9.73. The van der Waals surface area contributed by atoms with Crippen LogP contribution in [0.2, 0.25) is 0 Å². The third kappa shape index (κ3) is 3.21. The summed E-state index contributed by atoms with van der Waals surface area (Å²) in [5.74, 6) is 0. The second kappa shape index (κ2) is 6.41. The molecular formula is C12H22O9. The Bertz CT molecular complexity index is 354. The molecule has 0 amide bonds. The van der Waals surface area contributed by atoms with Gasteiger partial charge < -0.3 is 44.8 Å². The first-order valence-corrected chi connectivity index (χ1v) is 6.78. The summed E-state index contributed by atoms with van der Waals surface area (Å²) in [6.07, 6.45) is -13.0. The minimum Gasteiger partial charge on any atom is -0.388 e. The van der Waals surface area contributed by atoms with Gasteiger partial charge in [-0.1, -0.05) is 0 Å². The molecule has 21 heavy (non-hydrogen) atoms. The molecule has 9 heteroatoms. The Morgan fingerprint density at radius 3 is 1.81 bits per heavy atom. The van der Waals surface area contributed by atoms with Gasteiger partial charge in [0.25, 0.3) is 0 Å². The van der Waals surface area contributed by atoms with Crippen molar-refractivity contribution >= 4 is 0 Å². The molecule has 2 rings (SSSR count). The first kappa shape index (κ1) is 17.0. The van der Waals surface area contributed by atoms with E-state index < -0.39 is 61.4 Å². The predicted octanol–water partition coefficient (Wildman–Crippen LogP) is -3.34. The molecule has 0 spiro atoms. The molecule has 10 atom stereocenters. The van der Waals surface area contributed by atoms with Gasteiger partial charge in [-0.25, -0.2) is 0 Å². The summed E-state index contributed by atoms with van der Waals surface area (Å²) in [7, 11) is 0. The highest BCUT2D eigenvalue weighted by molar-refractivity contribution is 4.91. The van der Waals surface area contributed by atoms with Crippen molar-refractivity contribution in [3.8, 4) is 0 Å². The van der Waals surface area contributed by atoms with Crippen LogP contribution >= 0.6 is 0 Å². The van der Waals surface area contributed by atoms with Crippen LogP contribution in [0.4, 0.5) is 0 Å². The summed E-state index contributed by atoms with van der Waals surface area (Å²) in [5, 5.41) is 58.5. The van der Waals surface area contributed by atoms with E-state index >= 15 is 0 Å². The van der Waals surface area contributed by atoms with Gasteiger partial charge in [-0.15, -0.1) is 0 Å². The highest BCUT2D eigenvalue weighted by atomic mass is 16.7. The SMILES string of the molecule is C[C@@H]1OC(O)[C@H](O[C@H]2O[C@@H](C)[C@@H](O)[C@@H](O)[C@@H]2O)[C@H](O)[C@H]1O. The average Bonchev–Trinajstić information content (AvgIpc) is 2.44. The van der Waals surface area contributed by atoms with Crippen molar-refractivity contribution in [2.45, 2.75) is 75.3 Å². The number of hydrogen-bond acceptors (Lipinski definition) is 9. The second-order valence-corrected chi connectivity index (χ2v) is 5.50. The molecule has 6 N–H and O–H groups in total. The Morgan fingerprint density at radius 1 is 0.667 bits per heavy atom. The molecule has 9 nitrogen and oxygen atoms in total. The number of hydrogen-bond donors (Lipinski definition) is 6. The first-order valence-electron chi connectivity index (χ1n) is 6.78. The summed E-state index contributed by atoms with van der Waals surface area (Å²) in [6.45, 7) is 2.94. The number of aliphatic hydroxyl groups is 6. The van der Waals surface area contributed by atoms with Gasteiger partial charge in [0.2, 0.25) is 0 Å². The molecule has 0 saturated carbocycles. The van der Waals surface area contributed by atoms with Crippen molar-refractivity contribution in [2.75, 3.05) is 0 Å². The standard InChI is InChI=1S/C12H22O9/c1-3-6(14)8(16)10(11(18)19-3)21-12-9(17)7(15)5(13)4(2)20-12/h3-18H,1-2H3/t3-,4-,5+,6-,7+,8+,9-,10+,11?,12+/m0/s1. The lowest BCUT2D eigenvalue weighted by atomic mass is 9.98. The van der Waals surface area contributed by atoms with Crippen LogP contribution in [-0.2, 0) is 14.2 Å². The smallest absolute Gasteiger partial charge is 0.187 e. The Kier molecular flexibility index (Phi) is 5.19. The van der Waals surface area contributed by atoms with Gasteiger partial charge in [0.1, 0.15) is 36.6 Å². The molecule has 2 aliphatic heterocycles. The van der Waals surface area contributed by atoms with E-state index in [0.717, 1.165) is 0 Å². The molecule has 1 unspecified atom stereocenters. The van der Waals surface area contributed by atoms with Crippen LogP contribution in [-0.4, -0.2) is 92.1 Å². The summed E-state index contributed by atoms with van der Waals surface area (Å²) in [5.41, 5.74) is 0. The summed E-state index contributed by atoms with van der Waals surface area (Å²) in [6, 6.07) is 0. The van der Waals surface area contributed by atoms with Crippen LogP contribution in [0.25, 0.3) is 0 Å². The minimum absolute atomic E-state index is 0.793. The van der Waals surface area contributed by atoms with Gasteiger partial charge in [-0.3, -0.25) is 0 Å². The fourth-order valence-electron chi connectivity index (χ4n) is 2.45. The van der Waals surface area contributed by atoms with Gasteiger partial charge in [0.05, 0.1) is 12.2 Å². The molecule has 0 aromatic carbocycles. The molecule has 2 aliphatic rings. The molecule has 0 bridgehead atoms. The van der Waals surface area contributed by atoms with Gasteiger partial charge in [0, 0.05) is 0 Å². The van der Waals surface area contributed by atoms with Crippen LogP contribution < -0.4 is 0 Å². The zero-order valence-electron chi connectivity index (χ0n) is 11.7. The van der Waals surface area contributed by atoms with Crippen molar-refractivity contribution in [1.29, 1.82) is 0 Å². The maximum atomic E-state index is 9.91. The van der Waals surface area contributed by atoms with Crippen LogP contribution in [0.1, 0.15) is 13.8 Å². The van der Waals surface area contributed by atoms with E-state index in [-0.39, 0.29) is 0 Å². The molecule has 0 radical (unpaired) electrons. The zero-order valence-corrected chi connectivity index (χ0v) is 11.7. The van der Waals surface area contributed by atoms with E-state index in [4.69, 9.17) is 14.2 Å². The van der Waals surface area contributed by atoms with Crippen LogP contribution in [0, 0.1) is 0 Å². The van der Waals surface area contributed by atoms with Crippen LogP contribution in [0.15, 0.2) is 0 Å². The van der Waals surface area contributed by atoms with E-state index in [1.165, 1.54) is 13.8 Å². The van der Waals surface area contributed by atoms with Gasteiger partial charge in [-0.2, -0.15) is 0 Å². The Hall–Kier alpha value is -0.360. The van der Waals surface area contributed by atoms with E-state index in [0.29, 0.717) is 0 Å². The number of rotatable bonds is 2. The third-order valence-electron chi connectivity index (χ3n) is 3.90. The molecule has 124 valence electrons. The third-order valence-corrected chi connectivity index (χ3v) is 3.90. The van der Waals surface area contributed by atoms with Crippen molar-refractivity contribution in [1.82, 2.24) is 0 Å². The summed E-state index contributed by atoms with van der Waals surface area (Å²) in [4.78, 5) is 0. The fourth-order valence-corrected chi connectivity index (χ4v) is 2.45. The topological polar surface area (TPSA) is 149 Å². The van der Waals surface area contributed by atoms with E-state index in [1.54, 1.807) is 0 Å². The molecule has 0 aliphatic carbocycles. The summed E-state index contributed by atoms with van der Waals surface area (Å²) >= 11 is 0. The van der Waals surface area contributed by atoms with Crippen molar-refractivity contribution in [3.05, 3.63) is 0 Å². The van der Waals surface area contributed by atoms with E-state index in [1.807, 2.05) is 0 Å². The minimum atomic E-state index is -1.58. The molecule has 0 aromatic heterocycles. The van der Waals surface area contributed by atoms with Crippen molar-refractivity contribution in [2.24, 2.45) is 0 Å². The number of ether oxygens (including phenoxy) is 3. The molecule has 2 saturated heterocycles. The summed E-state index contributed by atoms with van der Waals surface area (Å²) < 4.78 is 15.5. The second-order valence-electron chi connectivity index (χ2n) is 5.50. The highest BCUT2D eigenvalue weighted by Crippen LogP contribution is 2.28. The average molecular weight is 310 g/mol. The van der Waals surface area contributed by atoms with Crippen molar-refractivity contribution < 1.29 is 44.8 Å². The lowest BCUT2D eigenvalue weighted by Crippen LogP contribution is -2.62. The van der Waals surface area contributed by atoms with Crippen molar-refractivity contribution in [3.63, 3.8) is 0 Å². The molecular weight excluding hydrogens is 288 g/mol.